The Morgan fingerprint density at radius 2 is 2.00 bits per heavy atom. The van der Waals surface area contributed by atoms with E-state index in [9.17, 15) is 9.90 Å². The number of aromatic hydroxyl groups is 1. The van der Waals surface area contributed by atoms with Crippen LogP contribution < -0.4 is 0 Å². The van der Waals surface area contributed by atoms with Crippen LogP contribution in [-0.2, 0) is 6.42 Å². The largest absolute Gasteiger partial charge is 0.507 e. The molecule has 2 aromatic carbocycles. The molecule has 0 atom stereocenters. The lowest BCUT2D eigenvalue weighted by molar-refractivity contribution is 0.0695. The van der Waals surface area contributed by atoms with Gasteiger partial charge in [-0.1, -0.05) is 22.9 Å². The minimum atomic E-state index is -1.01. The van der Waals surface area contributed by atoms with Gasteiger partial charge in [-0.3, -0.25) is 0 Å². The van der Waals surface area contributed by atoms with Crippen LogP contribution in [0.1, 0.15) is 22.8 Å². The first kappa shape index (κ1) is 11.9. The molecule has 0 aliphatic carbocycles. The van der Waals surface area contributed by atoms with Crippen LogP contribution in [0.3, 0.4) is 0 Å². The van der Waals surface area contributed by atoms with Crippen molar-refractivity contribution >= 4 is 32.7 Å². The maximum atomic E-state index is 11.1. The van der Waals surface area contributed by atoms with Gasteiger partial charge in [0.15, 0.2) is 0 Å². The molecule has 17 heavy (non-hydrogen) atoms. The molecule has 0 saturated heterocycles. The fraction of sp³-hybridized carbons (Fsp3) is 0.154. The minimum Gasteiger partial charge on any atom is -0.507 e. The molecule has 0 aliphatic rings. The normalized spacial score (nSPS) is 10.7. The van der Waals surface area contributed by atoms with Crippen molar-refractivity contribution in [2.45, 2.75) is 13.3 Å². The molecule has 2 aromatic rings. The third-order valence-electron chi connectivity index (χ3n) is 2.77. The number of hydrogen-bond acceptors (Lipinski definition) is 2. The van der Waals surface area contributed by atoms with E-state index in [1.165, 1.54) is 6.07 Å². The molecule has 0 radical (unpaired) electrons. The van der Waals surface area contributed by atoms with Crippen LogP contribution in [0.4, 0.5) is 0 Å². The molecule has 2 rings (SSSR count). The maximum Gasteiger partial charge on any atom is 0.336 e. The summed E-state index contributed by atoms with van der Waals surface area (Å²) in [7, 11) is 0. The van der Waals surface area contributed by atoms with Crippen molar-refractivity contribution in [1.29, 1.82) is 0 Å². The molecule has 0 heterocycles. The Kier molecular flexibility index (Phi) is 3.07. The second kappa shape index (κ2) is 4.37. The smallest absolute Gasteiger partial charge is 0.336 e. The number of carboxylic acid groups (broad SMARTS) is 1. The number of benzene rings is 2. The van der Waals surface area contributed by atoms with Crippen LogP contribution in [0.25, 0.3) is 10.8 Å². The predicted octanol–water partition coefficient (Wildman–Crippen LogP) is 3.57. The molecule has 0 aromatic heterocycles. The highest BCUT2D eigenvalue weighted by Gasteiger charge is 2.15. The minimum absolute atomic E-state index is 0.00194. The number of hydrogen-bond donors (Lipinski definition) is 2. The van der Waals surface area contributed by atoms with Gasteiger partial charge in [-0.15, -0.1) is 0 Å². The van der Waals surface area contributed by atoms with Crippen molar-refractivity contribution in [3.63, 3.8) is 0 Å². The molecule has 0 fully saturated rings. The molecule has 2 N–H and O–H groups in total. The molecule has 0 amide bonds. The number of aryl methyl sites for hydroxylation is 1. The van der Waals surface area contributed by atoms with E-state index in [4.69, 9.17) is 5.11 Å². The molecule has 0 unspecified atom stereocenters. The van der Waals surface area contributed by atoms with Crippen LogP contribution in [0.5, 0.6) is 5.75 Å². The Morgan fingerprint density at radius 1 is 1.29 bits per heavy atom. The van der Waals surface area contributed by atoms with Gasteiger partial charge in [-0.25, -0.2) is 4.79 Å². The van der Waals surface area contributed by atoms with Crippen molar-refractivity contribution in [3.8, 4) is 5.75 Å². The average molecular weight is 295 g/mol. The number of rotatable bonds is 2. The van der Waals surface area contributed by atoms with E-state index in [0.29, 0.717) is 11.8 Å². The Morgan fingerprint density at radius 3 is 2.59 bits per heavy atom. The summed E-state index contributed by atoms with van der Waals surface area (Å²) in [5.41, 5.74) is 0.905. The third kappa shape index (κ3) is 2.00. The summed E-state index contributed by atoms with van der Waals surface area (Å²) in [5.74, 6) is -1.01. The van der Waals surface area contributed by atoms with Crippen LogP contribution in [0.2, 0.25) is 0 Å². The summed E-state index contributed by atoms with van der Waals surface area (Å²) in [6.45, 7) is 1.90. The van der Waals surface area contributed by atoms with Gasteiger partial charge in [0.25, 0.3) is 0 Å². The van der Waals surface area contributed by atoms with E-state index >= 15 is 0 Å². The topological polar surface area (TPSA) is 57.5 Å². The number of carboxylic acids is 1. The number of phenols is 1. The van der Waals surface area contributed by atoms with Crippen LogP contribution in [-0.4, -0.2) is 16.2 Å². The van der Waals surface area contributed by atoms with Crippen LogP contribution in [0, 0.1) is 0 Å². The summed E-state index contributed by atoms with van der Waals surface area (Å²) < 4.78 is 0.863. The Bertz CT molecular complexity index is 605. The Balaban J connectivity index is 2.92. The van der Waals surface area contributed by atoms with Gasteiger partial charge in [-0.05, 0) is 41.6 Å². The summed E-state index contributed by atoms with van der Waals surface area (Å²) in [6.07, 6.45) is 0.606. The van der Waals surface area contributed by atoms with E-state index in [-0.39, 0.29) is 11.3 Å². The summed E-state index contributed by atoms with van der Waals surface area (Å²) in [6, 6.07) is 6.75. The summed E-state index contributed by atoms with van der Waals surface area (Å²) >= 11 is 3.35. The SMILES string of the molecule is CCc1c(C(=O)O)cc(O)c2ccc(Br)cc12. The zero-order valence-corrected chi connectivity index (χ0v) is 10.8. The summed E-state index contributed by atoms with van der Waals surface area (Å²) in [5, 5.41) is 20.4. The average Bonchev–Trinajstić information content (AvgIpc) is 2.28. The van der Waals surface area contributed by atoms with Crippen molar-refractivity contribution < 1.29 is 15.0 Å². The van der Waals surface area contributed by atoms with Gasteiger partial charge in [0.1, 0.15) is 5.75 Å². The third-order valence-corrected chi connectivity index (χ3v) is 3.27. The van der Waals surface area contributed by atoms with Crippen LogP contribution in [0.15, 0.2) is 28.7 Å². The quantitative estimate of drug-likeness (QED) is 0.890. The van der Waals surface area contributed by atoms with E-state index in [0.717, 1.165) is 15.4 Å². The highest BCUT2D eigenvalue weighted by Crippen LogP contribution is 2.33. The first-order valence-electron chi connectivity index (χ1n) is 5.22. The van der Waals surface area contributed by atoms with Gasteiger partial charge in [0, 0.05) is 9.86 Å². The van der Waals surface area contributed by atoms with E-state index in [2.05, 4.69) is 15.9 Å². The molecule has 0 bridgehead atoms. The Labute approximate surface area is 107 Å². The lowest BCUT2D eigenvalue weighted by Gasteiger charge is -2.10. The van der Waals surface area contributed by atoms with Crippen molar-refractivity contribution in [1.82, 2.24) is 0 Å². The molecular weight excluding hydrogens is 284 g/mol. The van der Waals surface area contributed by atoms with E-state index in [1.807, 2.05) is 19.1 Å². The lowest BCUT2D eigenvalue weighted by Crippen LogP contribution is -2.02. The van der Waals surface area contributed by atoms with Gasteiger partial charge < -0.3 is 10.2 Å². The molecule has 0 saturated carbocycles. The van der Waals surface area contributed by atoms with Gasteiger partial charge >= 0.3 is 5.97 Å². The summed E-state index contributed by atoms with van der Waals surface area (Å²) in [4.78, 5) is 11.1. The van der Waals surface area contributed by atoms with Crippen molar-refractivity contribution in [2.75, 3.05) is 0 Å². The van der Waals surface area contributed by atoms with Crippen molar-refractivity contribution in [3.05, 3.63) is 39.9 Å². The highest BCUT2D eigenvalue weighted by atomic mass is 79.9. The predicted molar refractivity (Wildman–Crippen MR) is 69.7 cm³/mol. The number of phenolic OH excluding ortho intramolecular Hbond substituents is 1. The van der Waals surface area contributed by atoms with Gasteiger partial charge in [0.05, 0.1) is 5.56 Å². The number of fused-ring (bicyclic) bond motifs is 1. The maximum absolute atomic E-state index is 11.1. The zero-order valence-electron chi connectivity index (χ0n) is 9.20. The fourth-order valence-electron chi connectivity index (χ4n) is 2.01. The standard InChI is InChI=1S/C13H11BrO3/c1-2-8-10-5-7(14)3-4-9(10)12(15)6-11(8)13(16)17/h3-6,15H,2H2,1H3,(H,16,17). The number of halogens is 1. The van der Waals surface area contributed by atoms with Gasteiger partial charge in [-0.2, -0.15) is 0 Å². The lowest BCUT2D eigenvalue weighted by atomic mass is 9.96. The molecule has 3 nitrogen and oxygen atoms in total. The van der Waals surface area contributed by atoms with Crippen LogP contribution >= 0.6 is 15.9 Å². The molecule has 0 spiro atoms. The number of carbonyl (C=O) groups is 1. The monoisotopic (exact) mass is 294 g/mol. The molecule has 4 heteroatoms. The van der Waals surface area contributed by atoms with Gasteiger partial charge in [0.2, 0.25) is 0 Å². The molecule has 88 valence electrons. The zero-order chi connectivity index (χ0) is 12.6. The van der Waals surface area contributed by atoms with E-state index in [1.54, 1.807) is 6.07 Å². The second-order valence-electron chi connectivity index (χ2n) is 3.77. The fourth-order valence-corrected chi connectivity index (χ4v) is 2.37. The molecular formula is C13H11BrO3. The number of aromatic carboxylic acids is 1. The van der Waals surface area contributed by atoms with E-state index < -0.39 is 5.97 Å². The first-order chi connectivity index (χ1) is 8.04. The Hall–Kier alpha value is -1.55. The second-order valence-corrected chi connectivity index (χ2v) is 4.69. The first-order valence-corrected chi connectivity index (χ1v) is 6.01. The van der Waals surface area contributed by atoms with Crippen molar-refractivity contribution in [2.24, 2.45) is 0 Å². The highest BCUT2D eigenvalue weighted by molar-refractivity contribution is 9.10. The molecule has 0 aliphatic heterocycles.